The molecule has 0 radical (unpaired) electrons. The Morgan fingerprint density at radius 3 is 2.65 bits per heavy atom. The van der Waals surface area contributed by atoms with E-state index in [9.17, 15) is 14.4 Å². The van der Waals surface area contributed by atoms with E-state index >= 15 is 0 Å². The molecular weight excluding hydrogens is 296 g/mol. The fraction of sp³-hybridized carbons (Fsp3) is 0.471. The summed E-state index contributed by atoms with van der Waals surface area (Å²) >= 11 is 0. The van der Waals surface area contributed by atoms with Crippen LogP contribution in [-0.2, 0) is 20.8 Å². The molecule has 0 aliphatic carbocycles. The Labute approximate surface area is 135 Å². The number of nitrogens with zero attached hydrogens (tertiary/aromatic N) is 1. The number of aryl methyl sites for hydroxylation is 1. The zero-order chi connectivity index (χ0) is 16.7. The molecule has 0 fully saturated rings. The van der Waals surface area contributed by atoms with Crippen LogP contribution < -0.4 is 10.2 Å². The normalized spacial score (nSPS) is 13.3. The van der Waals surface area contributed by atoms with Crippen molar-refractivity contribution in [2.24, 2.45) is 0 Å². The average Bonchev–Trinajstić information content (AvgIpc) is 2.56. The average molecular weight is 318 g/mol. The molecule has 124 valence electrons. The monoisotopic (exact) mass is 318 g/mol. The van der Waals surface area contributed by atoms with Crippen LogP contribution in [0.3, 0.4) is 0 Å². The van der Waals surface area contributed by atoms with Crippen LogP contribution in [0.25, 0.3) is 0 Å². The molecule has 6 nitrogen and oxygen atoms in total. The third kappa shape index (κ3) is 5.09. The highest BCUT2D eigenvalue weighted by Gasteiger charge is 2.22. The summed E-state index contributed by atoms with van der Waals surface area (Å²) in [5.74, 6) is -1.19. The molecule has 1 heterocycles. The minimum absolute atomic E-state index is 0.0217. The second-order valence-corrected chi connectivity index (χ2v) is 5.66. The number of aliphatic carboxylic acids is 1. The van der Waals surface area contributed by atoms with E-state index in [1.165, 1.54) is 0 Å². The molecule has 1 aromatic rings. The van der Waals surface area contributed by atoms with Gasteiger partial charge in [-0.25, -0.2) is 0 Å². The lowest BCUT2D eigenvalue weighted by Crippen LogP contribution is -2.42. The van der Waals surface area contributed by atoms with Crippen molar-refractivity contribution in [3.05, 3.63) is 29.8 Å². The number of anilines is 1. The first kappa shape index (κ1) is 17.0. The molecule has 0 atom stereocenters. The molecule has 0 saturated heterocycles. The fourth-order valence-corrected chi connectivity index (χ4v) is 2.71. The van der Waals surface area contributed by atoms with Gasteiger partial charge >= 0.3 is 5.97 Å². The van der Waals surface area contributed by atoms with Crippen LogP contribution in [0.2, 0.25) is 0 Å². The van der Waals surface area contributed by atoms with Gasteiger partial charge in [0.2, 0.25) is 11.8 Å². The van der Waals surface area contributed by atoms with Crippen molar-refractivity contribution >= 4 is 23.5 Å². The van der Waals surface area contributed by atoms with E-state index in [1.54, 1.807) is 4.90 Å². The Bertz CT molecular complexity index is 586. The molecule has 0 spiro atoms. The van der Waals surface area contributed by atoms with Crippen molar-refractivity contribution in [1.29, 1.82) is 0 Å². The summed E-state index contributed by atoms with van der Waals surface area (Å²) in [6.45, 7) is 0.649. The van der Waals surface area contributed by atoms with Gasteiger partial charge < -0.3 is 15.3 Å². The summed E-state index contributed by atoms with van der Waals surface area (Å²) in [6.07, 6.45) is 3.19. The Hall–Kier alpha value is -2.37. The fourth-order valence-electron chi connectivity index (χ4n) is 2.71. The predicted molar refractivity (Wildman–Crippen MR) is 86.2 cm³/mol. The minimum atomic E-state index is -0.857. The molecule has 1 aliphatic rings. The summed E-state index contributed by atoms with van der Waals surface area (Å²) in [7, 11) is 0. The Balaban J connectivity index is 1.77. The van der Waals surface area contributed by atoms with E-state index < -0.39 is 5.97 Å². The van der Waals surface area contributed by atoms with Crippen LogP contribution in [0.15, 0.2) is 24.3 Å². The van der Waals surface area contributed by atoms with Gasteiger partial charge in [0.25, 0.3) is 0 Å². The second-order valence-electron chi connectivity index (χ2n) is 5.66. The van der Waals surface area contributed by atoms with Gasteiger partial charge in [-0.15, -0.1) is 0 Å². The topological polar surface area (TPSA) is 86.7 Å². The van der Waals surface area contributed by atoms with Crippen LogP contribution in [0.4, 0.5) is 5.69 Å². The van der Waals surface area contributed by atoms with Crippen molar-refractivity contribution in [3.8, 4) is 0 Å². The lowest BCUT2D eigenvalue weighted by molar-refractivity contribution is -0.137. The maximum atomic E-state index is 12.3. The second kappa shape index (κ2) is 8.31. The highest BCUT2D eigenvalue weighted by atomic mass is 16.4. The third-order valence-electron chi connectivity index (χ3n) is 3.89. The van der Waals surface area contributed by atoms with Crippen LogP contribution in [0, 0.1) is 0 Å². The molecule has 2 amide bonds. The molecule has 1 aliphatic heterocycles. The first-order valence-electron chi connectivity index (χ1n) is 7.94. The number of hydrogen-bond donors (Lipinski definition) is 2. The standard InChI is InChI=1S/C17H22N2O4/c20-15(9-3-4-10-17(22)23)18-12-16(21)19-11-5-7-13-6-1-2-8-14(13)19/h1-2,6,8H,3-5,7,9-12H2,(H,18,20)(H,22,23). The minimum Gasteiger partial charge on any atom is -0.481 e. The van der Waals surface area contributed by atoms with E-state index in [0.29, 0.717) is 19.4 Å². The largest absolute Gasteiger partial charge is 0.481 e. The Kier molecular flexibility index (Phi) is 6.14. The van der Waals surface area contributed by atoms with E-state index in [-0.39, 0.29) is 31.2 Å². The van der Waals surface area contributed by atoms with Gasteiger partial charge in [0.15, 0.2) is 0 Å². The van der Waals surface area contributed by atoms with Crippen molar-refractivity contribution < 1.29 is 19.5 Å². The number of carboxylic acids is 1. The number of unbranched alkanes of at least 4 members (excludes halogenated alkanes) is 1. The van der Waals surface area contributed by atoms with Crippen molar-refractivity contribution in [1.82, 2.24) is 5.32 Å². The molecule has 0 unspecified atom stereocenters. The first-order chi connectivity index (χ1) is 11.1. The van der Waals surface area contributed by atoms with Crippen LogP contribution >= 0.6 is 0 Å². The van der Waals surface area contributed by atoms with Gasteiger partial charge in [0, 0.05) is 25.1 Å². The molecule has 0 saturated carbocycles. The van der Waals surface area contributed by atoms with E-state index in [0.717, 1.165) is 24.1 Å². The molecule has 23 heavy (non-hydrogen) atoms. The van der Waals surface area contributed by atoms with Gasteiger partial charge in [-0.2, -0.15) is 0 Å². The number of rotatable bonds is 7. The van der Waals surface area contributed by atoms with Gasteiger partial charge in [-0.05, 0) is 37.3 Å². The highest BCUT2D eigenvalue weighted by Crippen LogP contribution is 2.26. The number of para-hydroxylation sites is 1. The van der Waals surface area contributed by atoms with Gasteiger partial charge in [0.05, 0.1) is 6.54 Å². The summed E-state index contributed by atoms with van der Waals surface area (Å²) in [4.78, 5) is 36.1. The summed E-state index contributed by atoms with van der Waals surface area (Å²) < 4.78 is 0. The van der Waals surface area contributed by atoms with E-state index in [2.05, 4.69) is 5.32 Å². The number of benzene rings is 1. The molecule has 2 rings (SSSR count). The van der Waals surface area contributed by atoms with Crippen molar-refractivity contribution in [3.63, 3.8) is 0 Å². The van der Waals surface area contributed by atoms with Gasteiger partial charge in [-0.1, -0.05) is 18.2 Å². The predicted octanol–water partition coefficient (Wildman–Crippen LogP) is 1.73. The lowest BCUT2D eigenvalue weighted by Gasteiger charge is -2.29. The van der Waals surface area contributed by atoms with E-state index in [1.807, 2.05) is 24.3 Å². The van der Waals surface area contributed by atoms with E-state index in [4.69, 9.17) is 5.11 Å². The summed E-state index contributed by atoms with van der Waals surface area (Å²) in [6, 6.07) is 7.83. The Morgan fingerprint density at radius 2 is 1.87 bits per heavy atom. The summed E-state index contributed by atoms with van der Waals surface area (Å²) in [5.41, 5.74) is 2.09. The van der Waals surface area contributed by atoms with Crippen LogP contribution in [0.1, 0.15) is 37.7 Å². The number of nitrogens with one attached hydrogen (secondary N) is 1. The van der Waals surface area contributed by atoms with Crippen molar-refractivity contribution in [2.45, 2.75) is 38.5 Å². The van der Waals surface area contributed by atoms with Gasteiger partial charge in [-0.3, -0.25) is 14.4 Å². The first-order valence-corrected chi connectivity index (χ1v) is 7.94. The smallest absolute Gasteiger partial charge is 0.303 e. The highest BCUT2D eigenvalue weighted by molar-refractivity contribution is 5.97. The molecule has 0 bridgehead atoms. The number of hydrogen-bond acceptors (Lipinski definition) is 3. The van der Waals surface area contributed by atoms with Crippen LogP contribution in [-0.4, -0.2) is 36.0 Å². The zero-order valence-corrected chi connectivity index (χ0v) is 13.1. The number of fused-ring (bicyclic) bond motifs is 1. The number of amides is 2. The molecule has 0 aromatic heterocycles. The maximum absolute atomic E-state index is 12.3. The SMILES string of the molecule is O=C(O)CCCCC(=O)NCC(=O)N1CCCc2ccccc21. The zero-order valence-electron chi connectivity index (χ0n) is 13.1. The maximum Gasteiger partial charge on any atom is 0.303 e. The van der Waals surface area contributed by atoms with Crippen molar-refractivity contribution in [2.75, 3.05) is 18.0 Å². The number of carboxylic acid groups (broad SMARTS) is 1. The molecule has 2 N–H and O–H groups in total. The molecular formula is C17H22N2O4. The third-order valence-corrected chi connectivity index (χ3v) is 3.89. The number of carbonyl (C=O) groups is 3. The Morgan fingerprint density at radius 1 is 1.13 bits per heavy atom. The lowest BCUT2D eigenvalue weighted by atomic mass is 10.0. The van der Waals surface area contributed by atoms with Crippen LogP contribution in [0.5, 0.6) is 0 Å². The van der Waals surface area contributed by atoms with Gasteiger partial charge in [0.1, 0.15) is 0 Å². The summed E-state index contributed by atoms with van der Waals surface area (Å²) in [5, 5.41) is 11.1. The molecule has 6 heteroatoms. The quantitative estimate of drug-likeness (QED) is 0.750. The molecule has 1 aromatic carbocycles. The number of carbonyl (C=O) groups excluding carboxylic acids is 2.